The van der Waals surface area contributed by atoms with Crippen molar-refractivity contribution in [2.75, 3.05) is 23.3 Å². The summed E-state index contributed by atoms with van der Waals surface area (Å²) in [5, 5.41) is 2.62. The number of anilines is 2. The van der Waals surface area contributed by atoms with Gasteiger partial charge in [-0.2, -0.15) is 0 Å². The number of likely N-dealkylation sites (tertiary alicyclic amines) is 1. The van der Waals surface area contributed by atoms with E-state index in [1.807, 2.05) is 4.90 Å². The van der Waals surface area contributed by atoms with Gasteiger partial charge in [0.1, 0.15) is 10.7 Å². The van der Waals surface area contributed by atoms with Crippen molar-refractivity contribution in [3.05, 3.63) is 70.4 Å². The third-order valence-electron chi connectivity index (χ3n) is 5.50. The van der Waals surface area contributed by atoms with Gasteiger partial charge in [-0.05, 0) is 69.2 Å². The van der Waals surface area contributed by atoms with E-state index in [0.29, 0.717) is 11.3 Å². The van der Waals surface area contributed by atoms with Gasteiger partial charge in [0.25, 0.3) is 17.7 Å². The lowest BCUT2D eigenvalue weighted by atomic mass is 10.1. The van der Waals surface area contributed by atoms with Crippen molar-refractivity contribution in [3.63, 3.8) is 0 Å². The molecule has 1 saturated heterocycles. The van der Waals surface area contributed by atoms with Crippen molar-refractivity contribution in [2.24, 2.45) is 0 Å². The summed E-state index contributed by atoms with van der Waals surface area (Å²) in [4.78, 5) is 53.3. The van der Waals surface area contributed by atoms with E-state index in [1.54, 1.807) is 50.2 Å². The van der Waals surface area contributed by atoms with Crippen LogP contribution in [0.4, 0.5) is 11.4 Å². The molecule has 0 saturated carbocycles. The van der Waals surface area contributed by atoms with Gasteiger partial charge in [0.05, 0.1) is 17.4 Å². The van der Waals surface area contributed by atoms with E-state index in [0.717, 1.165) is 30.8 Å². The van der Waals surface area contributed by atoms with Crippen LogP contribution in [0.5, 0.6) is 0 Å². The molecule has 0 aliphatic carbocycles. The largest absolute Gasteiger partial charge is 0.459 e. The van der Waals surface area contributed by atoms with Crippen LogP contribution in [0.25, 0.3) is 0 Å². The minimum Gasteiger partial charge on any atom is -0.459 e. The van der Waals surface area contributed by atoms with E-state index in [4.69, 9.17) is 16.3 Å². The Labute approximate surface area is 202 Å². The van der Waals surface area contributed by atoms with E-state index in [9.17, 15) is 19.2 Å². The number of carbonyl (C=O) groups is 4. The van der Waals surface area contributed by atoms with E-state index in [-0.39, 0.29) is 34.0 Å². The summed E-state index contributed by atoms with van der Waals surface area (Å²) in [6.45, 7) is 4.96. The van der Waals surface area contributed by atoms with E-state index in [2.05, 4.69) is 5.32 Å². The summed E-state index contributed by atoms with van der Waals surface area (Å²) in [5.41, 5.74) is 1.38. The van der Waals surface area contributed by atoms with Crippen LogP contribution >= 0.6 is 11.6 Å². The van der Waals surface area contributed by atoms with Crippen LogP contribution in [0.3, 0.4) is 0 Å². The molecule has 0 bridgehead atoms. The maximum Gasteiger partial charge on any atom is 0.338 e. The average Bonchev–Trinajstić information content (AvgIpc) is 3.43. The number of carbonyl (C=O) groups excluding carboxylic acids is 4. The summed E-state index contributed by atoms with van der Waals surface area (Å²) >= 11 is 6.21. The van der Waals surface area contributed by atoms with Crippen molar-refractivity contribution >= 4 is 46.7 Å². The zero-order valence-electron chi connectivity index (χ0n) is 18.8. The Morgan fingerprint density at radius 2 is 1.65 bits per heavy atom. The Bertz CT molecular complexity index is 1180. The lowest BCUT2D eigenvalue weighted by Crippen LogP contribution is -2.32. The quantitative estimate of drug-likeness (QED) is 0.496. The molecule has 2 aromatic carbocycles. The van der Waals surface area contributed by atoms with Crippen molar-refractivity contribution in [1.82, 2.24) is 4.90 Å². The standard InChI is InChI=1S/C25H24ClN3O5/c1-15(2)34-25(33)17-6-5-7-19(14-17)29-23(31)20(26)21(24(29)32)27-18-10-8-16(9-11-18)22(30)28-12-3-4-13-28/h5-11,14-15,27H,3-4,12-13H2,1-2H3. The highest BCUT2D eigenvalue weighted by Crippen LogP contribution is 2.31. The first kappa shape index (κ1) is 23.5. The molecular formula is C25H24ClN3O5. The number of nitrogens with zero attached hydrogens (tertiary/aromatic N) is 2. The fourth-order valence-corrected chi connectivity index (χ4v) is 4.06. The fraction of sp³-hybridized carbons (Fsp3) is 0.280. The highest BCUT2D eigenvalue weighted by atomic mass is 35.5. The highest BCUT2D eigenvalue weighted by molar-refractivity contribution is 6.53. The molecule has 0 radical (unpaired) electrons. The number of nitrogens with one attached hydrogen (secondary N) is 1. The van der Waals surface area contributed by atoms with Gasteiger partial charge in [-0.1, -0.05) is 17.7 Å². The molecule has 2 heterocycles. The van der Waals surface area contributed by atoms with Crippen molar-refractivity contribution < 1.29 is 23.9 Å². The number of halogens is 1. The number of amides is 3. The number of hydrogen-bond acceptors (Lipinski definition) is 6. The highest BCUT2D eigenvalue weighted by Gasteiger charge is 2.39. The number of benzene rings is 2. The number of hydrogen-bond donors (Lipinski definition) is 1. The molecular weight excluding hydrogens is 458 g/mol. The molecule has 0 spiro atoms. The zero-order valence-corrected chi connectivity index (χ0v) is 19.6. The molecule has 9 heteroatoms. The average molecular weight is 482 g/mol. The van der Waals surface area contributed by atoms with Gasteiger partial charge in [0, 0.05) is 24.3 Å². The molecule has 2 aromatic rings. The van der Waals surface area contributed by atoms with Crippen LogP contribution in [-0.2, 0) is 14.3 Å². The molecule has 8 nitrogen and oxygen atoms in total. The molecule has 4 rings (SSSR count). The smallest absolute Gasteiger partial charge is 0.338 e. The third kappa shape index (κ3) is 4.68. The molecule has 2 aliphatic heterocycles. The van der Waals surface area contributed by atoms with Crippen LogP contribution in [0, 0.1) is 0 Å². The maximum atomic E-state index is 13.1. The predicted octanol–water partition coefficient (Wildman–Crippen LogP) is 3.92. The van der Waals surface area contributed by atoms with Crippen LogP contribution in [0.1, 0.15) is 47.4 Å². The number of rotatable bonds is 6. The molecule has 1 fully saturated rings. The molecule has 0 aromatic heterocycles. The SMILES string of the molecule is CC(C)OC(=O)c1cccc(N2C(=O)C(Cl)=C(Nc3ccc(C(=O)N4CCCC4)cc3)C2=O)c1. The van der Waals surface area contributed by atoms with Crippen molar-refractivity contribution in [3.8, 4) is 0 Å². The summed E-state index contributed by atoms with van der Waals surface area (Å²) in [6.07, 6.45) is 1.70. The summed E-state index contributed by atoms with van der Waals surface area (Å²) < 4.78 is 5.18. The minimum absolute atomic E-state index is 0.0320. The van der Waals surface area contributed by atoms with E-state index >= 15 is 0 Å². The van der Waals surface area contributed by atoms with E-state index < -0.39 is 17.8 Å². The number of imide groups is 1. The second-order valence-corrected chi connectivity index (χ2v) is 8.72. The molecule has 0 atom stereocenters. The fourth-order valence-electron chi connectivity index (χ4n) is 3.84. The van der Waals surface area contributed by atoms with Gasteiger partial charge in [0.15, 0.2) is 0 Å². The van der Waals surface area contributed by atoms with Gasteiger partial charge in [-0.3, -0.25) is 14.4 Å². The van der Waals surface area contributed by atoms with Crippen LogP contribution in [0.2, 0.25) is 0 Å². The van der Waals surface area contributed by atoms with Crippen molar-refractivity contribution in [2.45, 2.75) is 32.8 Å². The topological polar surface area (TPSA) is 96.0 Å². The van der Waals surface area contributed by atoms with E-state index in [1.165, 1.54) is 12.1 Å². The van der Waals surface area contributed by atoms with Gasteiger partial charge < -0.3 is 15.0 Å². The first-order valence-corrected chi connectivity index (χ1v) is 11.4. The van der Waals surface area contributed by atoms with Gasteiger partial charge >= 0.3 is 5.97 Å². The van der Waals surface area contributed by atoms with Gasteiger partial charge in [0.2, 0.25) is 0 Å². The molecule has 3 amide bonds. The van der Waals surface area contributed by atoms with Gasteiger partial charge in [-0.25, -0.2) is 9.69 Å². The molecule has 1 N–H and O–H groups in total. The summed E-state index contributed by atoms with van der Waals surface area (Å²) in [6, 6.07) is 12.7. The molecule has 0 unspecified atom stereocenters. The first-order chi connectivity index (χ1) is 16.3. The van der Waals surface area contributed by atoms with Crippen LogP contribution in [-0.4, -0.2) is 47.8 Å². The lowest BCUT2D eigenvalue weighted by molar-refractivity contribution is -0.120. The normalized spacial score (nSPS) is 16.0. The lowest BCUT2D eigenvalue weighted by Gasteiger charge is -2.17. The predicted molar refractivity (Wildman–Crippen MR) is 128 cm³/mol. The zero-order chi connectivity index (χ0) is 24.4. The Kier molecular flexibility index (Phi) is 6.70. The number of esters is 1. The van der Waals surface area contributed by atoms with Crippen molar-refractivity contribution in [1.29, 1.82) is 0 Å². The summed E-state index contributed by atoms with van der Waals surface area (Å²) in [5.74, 6) is -1.95. The Morgan fingerprint density at radius 3 is 2.29 bits per heavy atom. The maximum absolute atomic E-state index is 13.1. The Morgan fingerprint density at radius 1 is 0.971 bits per heavy atom. The Balaban J connectivity index is 1.50. The van der Waals surface area contributed by atoms with Crippen LogP contribution in [0.15, 0.2) is 59.3 Å². The van der Waals surface area contributed by atoms with Crippen LogP contribution < -0.4 is 10.2 Å². The summed E-state index contributed by atoms with van der Waals surface area (Å²) in [7, 11) is 0. The monoisotopic (exact) mass is 481 g/mol. The second-order valence-electron chi connectivity index (χ2n) is 8.34. The minimum atomic E-state index is -0.704. The third-order valence-corrected chi connectivity index (χ3v) is 5.86. The molecule has 176 valence electrons. The molecule has 2 aliphatic rings. The molecule has 34 heavy (non-hydrogen) atoms. The number of ether oxygens (including phenoxy) is 1. The Hall–Kier alpha value is -3.65. The second kappa shape index (κ2) is 9.69. The first-order valence-electron chi connectivity index (χ1n) is 11.0. The van der Waals surface area contributed by atoms with Gasteiger partial charge in [-0.15, -0.1) is 0 Å².